The third-order valence-electron chi connectivity index (χ3n) is 2.05. The van der Waals surface area contributed by atoms with Gasteiger partial charge in [0.2, 0.25) is 0 Å². The van der Waals surface area contributed by atoms with Gasteiger partial charge >= 0.3 is 0 Å². The molecule has 1 aromatic carbocycles. The lowest BCUT2D eigenvalue weighted by Crippen LogP contribution is -2.28. The lowest BCUT2D eigenvalue weighted by Gasteiger charge is -2.10. The molecule has 64 valence electrons. The van der Waals surface area contributed by atoms with Crippen molar-refractivity contribution < 1.29 is 8.78 Å². The molecule has 2 nitrogen and oxygen atoms in total. The SMILES string of the molecule is NN1CCc2cc(F)c(F)cc21. The van der Waals surface area contributed by atoms with Crippen LogP contribution in [0.25, 0.3) is 0 Å². The summed E-state index contributed by atoms with van der Waals surface area (Å²) in [6.45, 7) is 0.623. The van der Waals surface area contributed by atoms with Gasteiger partial charge in [0.1, 0.15) is 0 Å². The molecular weight excluding hydrogens is 162 g/mol. The van der Waals surface area contributed by atoms with Crippen LogP contribution in [0.3, 0.4) is 0 Å². The average molecular weight is 170 g/mol. The third kappa shape index (κ3) is 0.956. The number of anilines is 1. The first kappa shape index (κ1) is 7.49. The van der Waals surface area contributed by atoms with Crippen molar-refractivity contribution in [2.75, 3.05) is 11.6 Å². The van der Waals surface area contributed by atoms with Gasteiger partial charge in [0.15, 0.2) is 11.6 Å². The van der Waals surface area contributed by atoms with Gasteiger partial charge in [-0.25, -0.2) is 14.6 Å². The molecule has 2 N–H and O–H groups in total. The molecule has 0 radical (unpaired) electrons. The Kier molecular flexibility index (Phi) is 1.51. The van der Waals surface area contributed by atoms with E-state index >= 15 is 0 Å². The Labute approximate surface area is 68.6 Å². The van der Waals surface area contributed by atoms with E-state index in [0.29, 0.717) is 18.7 Å². The largest absolute Gasteiger partial charge is 0.310 e. The van der Waals surface area contributed by atoms with Crippen molar-refractivity contribution in [3.63, 3.8) is 0 Å². The minimum Gasteiger partial charge on any atom is -0.310 e. The molecule has 0 saturated carbocycles. The Bertz CT molecular complexity index is 325. The van der Waals surface area contributed by atoms with E-state index in [9.17, 15) is 8.78 Å². The molecule has 2 rings (SSSR count). The maximum Gasteiger partial charge on any atom is 0.160 e. The number of hydrogen-bond donors (Lipinski definition) is 1. The van der Waals surface area contributed by atoms with E-state index < -0.39 is 11.6 Å². The Morgan fingerprint density at radius 2 is 1.92 bits per heavy atom. The molecule has 0 aliphatic carbocycles. The highest BCUT2D eigenvalue weighted by atomic mass is 19.2. The molecule has 0 bridgehead atoms. The highest BCUT2D eigenvalue weighted by Gasteiger charge is 2.18. The van der Waals surface area contributed by atoms with E-state index in [1.54, 1.807) is 0 Å². The fourth-order valence-electron chi connectivity index (χ4n) is 1.41. The summed E-state index contributed by atoms with van der Waals surface area (Å²) in [6.07, 6.45) is 0.684. The summed E-state index contributed by atoms with van der Waals surface area (Å²) in [4.78, 5) is 0. The molecule has 1 aliphatic heterocycles. The zero-order chi connectivity index (χ0) is 8.72. The van der Waals surface area contributed by atoms with Gasteiger partial charge in [-0.2, -0.15) is 0 Å². The Balaban J connectivity index is 2.56. The summed E-state index contributed by atoms with van der Waals surface area (Å²) in [5.74, 6) is 3.87. The highest BCUT2D eigenvalue weighted by molar-refractivity contribution is 5.56. The third-order valence-corrected chi connectivity index (χ3v) is 2.05. The molecule has 1 aliphatic rings. The van der Waals surface area contributed by atoms with Crippen LogP contribution in [0.1, 0.15) is 5.56 Å². The predicted molar refractivity (Wildman–Crippen MR) is 41.6 cm³/mol. The van der Waals surface area contributed by atoms with Crippen LogP contribution in [-0.2, 0) is 6.42 Å². The van der Waals surface area contributed by atoms with Gasteiger partial charge in [-0.1, -0.05) is 0 Å². The molecule has 0 amide bonds. The second kappa shape index (κ2) is 2.42. The minimum atomic E-state index is -0.842. The molecule has 0 unspecified atom stereocenters. The van der Waals surface area contributed by atoms with Gasteiger partial charge in [0, 0.05) is 12.6 Å². The molecule has 0 atom stereocenters. The zero-order valence-electron chi connectivity index (χ0n) is 6.35. The van der Waals surface area contributed by atoms with Gasteiger partial charge < -0.3 is 5.01 Å². The maximum atomic E-state index is 12.7. The number of halogens is 2. The molecule has 0 fully saturated rings. The first-order valence-electron chi connectivity index (χ1n) is 3.68. The summed E-state index contributed by atoms with van der Waals surface area (Å²) < 4.78 is 25.4. The molecule has 1 heterocycles. The summed E-state index contributed by atoms with van der Waals surface area (Å²) in [5.41, 5.74) is 1.37. The summed E-state index contributed by atoms with van der Waals surface area (Å²) in [7, 11) is 0. The number of hydrogen-bond acceptors (Lipinski definition) is 2. The Morgan fingerprint density at radius 3 is 2.67 bits per heavy atom. The standard InChI is InChI=1S/C8H8F2N2/c9-6-3-5-1-2-12(11)8(5)4-7(6)10/h3-4H,1-2,11H2. The van der Waals surface area contributed by atoms with Crippen molar-refractivity contribution in [2.45, 2.75) is 6.42 Å². The number of hydrazine groups is 1. The number of fused-ring (bicyclic) bond motifs is 1. The van der Waals surface area contributed by atoms with Crippen LogP contribution in [-0.4, -0.2) is 6.54 Å². The van der Waals surface area contributed by atoms with Gasteiger partial charge in [0.05, 0.1) is 5.69 Å². The van der Waals surface area contributed by atoms with Crippen LogP contribution in [0.2, 0.25) is 0 Å². The predicted octanol–water partition coefficient (Wildman–Crippen LogP) is 1.20. The number of nitrogens with two attached hydrogens (primary N) is 1. The second-order valence-electron chi connectivity index (χ2n) is 2.84. The van der Waals surface area contributed by atoms with Crippen molar-refractivity contribution in [2.24, 2.45) is 5.84 Å². The molecule has 1 aromatic rings. The monoisotopic (exact) mass is 170 g/mol. The van der Waals surface area contributed by atoms with Gasteiger partial charge in [-0.05, 0) is 18.1 Å². The average Bonchev–Trinajstić information content (AvgIpc) is 2.35. The van der Waals surface area contributed by atoms with E-state index in [4.69, 9.17) is 5.84 Å². The van der Waals surface area contributed by atoms with E-state index in [1.165, 1.54) is 11.1 Å². The van der Waals surface area contributed by atoms with Gasteiger partial charge in [0.25, 0.3) is 0 Å². The Morgan fingerprint density at radius 1 is 1.25 bits per heavy atom. The summed E-state index contributed by atoms with van der Waals surface area (Å²) in [6, 6.07) is 2.34. The number of rotatable bonds is 0. The minimum absolute atomic E-state index is 0.592. The topological polar surface area (TPSA) is 29.3 Å². The van der Waals surface area contributed by atoms with E-state index in [-0.39, 0.29) is 0 Å². The Hall–Kier alpha value is -1.16. The first-order chi connectivity index (χ1) is 5.68. The smallest absolute Gasteiger partial charge is 0.160 e. The molecule has 0 aromatic heterocycles. The molecule has 0 spiro atoms. The van der Waals surface area contributed by atoms with Crippen molar-refractivity contribution in [3.8, 4) is 0 Å². The van der Waals surface area contributed by atoms with E-state index in [1.807, 2.05) is 0 Å². The van der Waals surface area contributed by atoms with Crippen LogP contribution in [0.15, 0.2) is 12.1 Å². The van der Waals surface area contributed by atoms with Gasteiger partial charge in [-0.15, -0.1) is 0 Å². The highest BCUT2D eigenvalue weighted by Crippen LogP contribution is 2.27. The lowest BCUT2D eigenvalue weighted by molar-refractivity contribution is 0.508. The van der Waals surface area contributed by atoms with Gasteiger partial charge in [-0.3, -0.25) is 0 Å². The number of nitrogens with zero attached hydrogens (tertiary/aromatic N) is 1. The van der Waals surface area contributed by atoms with Crippen LogP contribution < -0.4 is 10.9 Å². The summed E-state index contributed by atoms with van der Waals surface area (Å²) >= 11 is 0. The fourth-order valence-corrected chi connectivity index (χ4v) is 1.41. The normalized spacial score (nSPS) is 15.1. The van der Waals surface area contributed by atoms with Crippen LogP contribution >= 0.6 is 0 Å². The molecule has 4 heteroatoms. The number of benzene rings is 1. The van der Waals surface area contributed by atoms with Crippen molar-refractivity contribution in [1.82, 2.24) is 0 Å². The molecule has 12 heavy (non-hydrogen) atoms. The van der Waals surface area contributed by atoms with Crippen LogP contribution in [0.5, 0.6) is 0 Å². The summed E-state index contributed by atoms with van der Waals surface area (Å²) in [5, 5.41) is 1.43. The van der Waals surface area contributed by atoms with Crippen LogP contribution in [0, 0.1) is 11.6 Å². The molecule has 0 saturated heterocycles. The van der Waals surface area contributed by atoms with Crippen molar-refractivity contribution >= 4 is 5.69 Å². The maximum absolute atomic E-state index is 12.7. The quantitative estimate of drug-likeness (QED) is 0.593. The zero-order valence-corrected chi connectivity index (χ0v) is 6.35. The lowest BCUT2D eigenvalue weighted by atomic mass is 10.1. The fraction of sp³-hybridized carbons (Fsp3) is 0.250. The first-order valence-corrected chi connectivity index (χ1v) is 3.68. The van der Waals surface area contributed by atoms with Crippen molar-refractivity contribution in [1.29, 1.82) is 0 Å². The van der Waals surface area contributed by atoms with Crippen molar-refractivity contribution in [3.05, 3.63) is 29.3 Å². The van der Waals surface area contributed by atoms with Crippen LogP contribution in [0.4, 0.5) is 14.5 Å². The second-order valence-corrected chi connectivity index (χ2v) is 2.84. The van der Waals surface area contributed by atoms with E-state index in [2.05, 4.69) is 0 Å². The van der Waals surface area contributed by atoms with E-state index in [0.717, 1.165) is 11.6 Å². The molecular formula is C8H8F2N2.